The van der Waals surface area contributed by atoms with Gasteiger partial charge in [0.1, 0.15) is 12.1 Å². The first-order valence-corrected chi connectivity index (χ1v) is 10.0. The van der Waals surface area contributed by atoms with Crippen molar-refractivity contribution in [3.63, 3.8) is 0 Å². The number of carbonyl (C=O) groups excluding carboxylic acids is 3. The van der Waals surface area contributed by atoms with Gasteiger partial charge in [0.2, 0.25) is 17.7 Å². The molecule has 3 atom stereocenters. The highest BCUT2D eigenvalue weighted by Gasteiger charge is 2.24. The summed E-state index contributed by atoms with van der Waals surface area (Å²) in [7, 11) is 0. The number of rotatable bonds is 13. The Hall–Kier alpha value is -3.67. The average molecular weight is 450 g/mol. The zero-order chi connectivity index (χ0) is 24.1. The van der Waals surface area contributed by atoms with E-state index in [1.807, 2.05) is 0 Å². The number of hydrogen-bond acceptors (Lipinski definition) is 6. The molecular formula is C20H31N7O5. The lowest BCUT2D eigenvalue weighted by atomic mass is 10.1. The summed E-state index contributed by atoms with van der Waals surface area (Å²) in [6.07, 6.45) is 0.682. The van der Waals surface area contributed by atoms with Crippen LogP contribution in [-0.2, 0) is 25.6 Å². The fourth-order valence-electron chi connectivity index (χ4n) is 2.66. The van der Waals surface area contributed by atoms with E-state index in [2.05, 4.69) is 20.9 Å². The number of nitrogens with one attached hydrogen (secondary N) is 3. The predicted molar refractivity (Wildman–Crippen MR) is 118 cm³/mol. The second kappa shape index (κ2) is 13.6. The van der Waals surface area contributed by atoms with E-state index in [0.717, 1.165) is 5.56 Å². The number of guanidine groups is 1. The van der Waals surface area contributed by atoms with Gasteiger partial charge in [-0.1, -0.05) is 30.3 Å². The van der Waals surface area contributed by atoms with Crippen molar-refractivity contribution in [2.45, 2.75) is 44.3 Å². The Balaban J connectivity index is 2.64. The Kier molecular flexibility index (Phi) is 11.2. The number of aliphatic imine (C=N–C) groups is 1. The molecule has 0 heterocycles. The first kappa shape index (κ1) is 26.4. The Bertz CT molecular complexity index is 810. The molecule has 0 saturated carbocycles. The summed E-state index contributed by atoms with van der Waals surface area (Å²) in [4.78, 5) is 51.9. The maximum Gasteiger partial charge on any atom is 0.326 e. The van der Waals surface area contributed by atoms with Crippen LogP contribution < -0.4 is 33.2 Å². The lowest BCUT2D eigenvalue weighted by Gasteiger charge is -2.20. The third-order valence-electron chi connectivity index (χ3n) is 4.33. The molecule has 1 aromatic carbocycles. The number of amides is 3. The minimum Gasteiger partial charge on any atom is -0.480 e. The molecule has 0 radical (unpaired) electrons. The Labute approximate surface area is 186 Å². The molecule has 0 saturated heterocycles. The number of carboxylic acid groups (broad SMARTS) is 1. The normalized spacial score (nSPS) is 13.2. The Morgan fingerprint density at radius 1 is 1.03 bits per heavy atom. The summed E-state index contributed by atoms with van der Waals surface area (Å²) >= 11 is 0. The van der Waals surface area contributed by atoms with Crippen LogP contribution in [0.15, 0.2) is 35.3 Å². The van der Waals surface area contributed by atoms with Gasteiger partial charge in [0.15, 0.2) is 5.96 Å². The SMILES string of the molecule is CC(N)C(=O)NC(CCCN=C(N)N)C(=O)NCC(=O)NC(Cc1ccccc1)C(=O)O. The quantitative estimate of drug-likeness (QED) is 0.0993. The molecule has 3 unspecified atom stereocenters. The van der Waals surface area contributed by atoms with Crippen LogP contribution in [0.4, 0.5) is 0 Å². The highest BCUT2D eigenvalue weighted by molar-refractivity contribution is 5.92. The molecule has 0 aliphatic heterocycles. The van der Waals surface area contributed by atoms with Crippen LogP contribution in [0.5, 0.6) is 0 Å². The summed E-state index contributed by atoms with van der Waals surface area (Å²) in [5, 5.41) is 16.7. The molecule has 0 spiro atoms. The summed E-state index contributed by atoms with van der Waals surface area (Å²) < 4.78 is 0. The molecule has 0 aliphatic carbocycles. The van der Waals surface area contributed by atoms with Crippen LogP contribution in [0.2, 0.25) is 0 Å². The van der Waals surface area contributed by atoms with Gasteiger partial charge in [-0.2, -0.15) is 0 Å². The number of hydrogen-bond donors (Lipinski definition) is 7. The molecule has 0 fully saturated rings. The summed E-state index contributed by atoms with van der Waals surface area (Å²) in [6, 6.07) is 5.87. The minimum absolute atomic E-state index is 0.0910. The smallest absolute Gasteiger partial charge is 0.326 e. The molecule has 0 aromatic heterocycles. The van der Waals surface area contributed by atoms with Gasteiger partial charge in [-0.15, -0.1) is 0 Å². The van der Waals surface area contributed by atoms with Crippen molar-refractivity contribution in [1.29, 1.82) is 0 Å². The molecule has 0 aliphatic rings. The Morgan fingerprint density at radius 2 is 1.69 bits per heavy atom. The molecule has 12 nitrogen and oxygen atoms in total. The molecule has 3 amide bonds. The second-order valence-electron chi connectivity index (χ2n) is 7.16. The first-order chi connectivity index (χ1) is 15.1. The number of benzene rings is 1. The number of carbonyl (C=O) groups is 4. The molecule has 1 aromatic rings. The second-order valence-corrected chi connectivity index (χ2v) is 7.16. The monoisotopic (exact) mass is 449 g/mol. The number of aliphatic carboxylic acids is 1. The van der Waals surface area contributed by atoms with E-state index in [-0.39, 0.29) is 25.3 Å². The van der Waals surface area contributed by atoms with Crippen molar-refractivity contribution in [2.75, 3.05) is 13.1 Å². The van der Waals surface area contributed by atoms with E-state index in [0.29, 0.717) is 6.42 Å². The minimum atomic E-state index is -1.20. The zero-order valence-corrected chi connectivity index (χ0v) is 17.9. The number of nitrogens with zero attached hydrogens (tertiary/aromatic N) is 1. The van der Waals surface area contributed by atoms with Crippen LogP contribution in [0, 0.1) is 0 Å². The van der Waals surface area contributed by atoms with E-state index in [9.17, 15) is 24.3 Å². The van der Waals surface area contributed by atoms with Crippen molar-refractivity contribution in [3.05, 3.63) is 35.9 Å². The zero-order valence-electron chi connectivity index (χ0n) is 17.9. The van der Waals surface area contributed by atoms with Crippen LogP contribution >= 0.6 is 0 Å². The van der Waals surface area contributed by atoms with Crippen LogP contribution in [0.1, 0.15) is 25.3 Å². The van der Waals surface area contributed by atoms with Crippen LogP contribution in [0.3, 0.4) is 0 Å². The molecule has 176 valence electrons. The standard InChI is InChI=1S/C20H31N7O5/c1-12(21)17(29)27-14(8-5-9-24-20(22)23)18(30)25-11-16(28)26-15(19(31)32)10-13-6-3-2-4-7-13/h2-4,6-7,12,14-15H,5,8-11,21H2,1H3,(H,25,30)(H,26,28)(H,27,29)(H,31,32)(H4,22,23,24). The van der Waals surface area contributed by atoms with E-state index in [1.165, 1.54) is 6.92 Å². The van der Waals surface area contributed by atoms with Gasteiger partial charge in [0.05, 0.1) is 12.6 Å². The highest BCUT2D eigenvalue weighted by atomic mass is 16.4. The van der Waals surface area contributed by atoms with Gasteiger partial charge >= 0.3 is 5.97 Å². The van der Waals surface area contributed by atoms with Gasteiger partial charge < -0.3 is 38.3 Å². The van der Waals surface area contributed by atoms with E-state index in [4.69, 9.17) is 17.2 Å². The summed E-state index contributed by atoms with van der Waals surface area (Å²) in [6.45, 7) is 1.26. The maximum absolute atomic E-state index is 12.5. The lowest BCUT2D eigenvalue weighted by Crippen LogP contribution is -2.53. The average Bonchev–Trinajstić information content (AvgIpc) is 2.73. The van der Waals surface area contributed by atoms with Gasteiger partial charge in [0, 0.05) is 13.0 Å². The van der Waals surface area contributed by atoms with Crippen LogP contribution in [0.25, 0.3) is 0 Å². The molecular weight excluding hydrogens is 418 g/mol. The van der Waals surface area contributed by atoms with Crippen molar-refractivity contribution < 1.29 is 24.3 Å². The number of nitrogens with two attached hydrogens (primary N) is 3. The predicted octanol–water partition coefficient (Wildman–Crippen LogP) is -2.20. The van der Waals surface area contributed by atoms with E-state index < -0.39 is 48.4 Å². The van der Waals surface area contributed by atoms with Gasteiger partial charge in [-0.3, -0.25) is 19.4 Å². The van der Waals surface area contributed by atoms with Crippen molar-refractivity contribution in [2.24, 2.45) is 22.2 Å². The molecule has 10 N–H and O–H groups in total. The molecule has 0 bridgehead atoms. The summed E-state index contributed by atoms with van der Waals surface area (Å²) in [5.74, 6) is -3.13. The van der Waals surface area contributed by atoms with Crippen molar-refractivity contribution in [1.82, 2.24) is 16.0 Å². The summed E-state index contributed by atoms with van der Waals surface area (Å²) in [5.41, 5.74) is 16.8. The van der Waals surface area contributed by atoms with E-state index >= 15 is 0 Å². The molecule has 32 heavy (non-hydrogen) atoms. The fraction of sp³-hybridized carbons (Fsp3) is 0.450. The van der Waals surface area contributed by atoms with Crippen molar-refractivity contribution >= 4 is 29.7 Å². The van der Waals surface area contributed by atoms with Gasteiger partial charge in [0.25, 0.3) is 0 Å². The van der Waals surface area contributed by atoms with E-state index in [1.54, 1.807) is 30.3 Å². The van der Waals surface area contributed by atoms with Crippen LogP contribution in [-0.4, -0.2) is 66.0 Å². The topological polar surface area (TPSA) is 215 Å². The largest absolute Gasteiger partial charge is 0.480 e. The maximum atomic E-state index is 12.5. The number of carboxylic acids is 1. The lowest BCUT2D eigenvalue weighted by molar-refractivity contribution is -0.141. The Morgan fingerprint density at radius 3 is 2.25 bits per heavy atom. The van der Waals surface area contributed by atoms with Gasteiger partial charge in [-0.25, -0.2) is 4.79 Å². The molecule has 1 rings (SSSR count). The molecule has 12 heteroatoms. The highest BCUT2D eigenvalue weighted by Crippen LogP contribution is 2.04. The van der Waals surface area contributed by atoms with Gasteiger partial charge in [-0.05, 0) is 25.3 Å². The third-order valence-corrected chi connectivity index (χ3v) is 4.33. The third kappa shape index (κ3) is 10.4. The van der Waals surface area contributed by atoms with Crippen molar-refractivity contribution in [3.8, 4) is 0 Å². The fourth-order valence-corrected chi connectivity index (χ4v) is 2.66. The first-order valence-electron chi connectivity index (χ1n) is 10.0.